The molecule has 1 aromatic carbocycles. The van der Waals surface area contributed by atoms with Crippen LogP contribution in [0.25, 0.3) is 10.9 Å². The molecule has 1 aromatic heterocycles. The molecule has 0 spiro atoms. The summed E-state index contributed by atoms with van der Waals surface area (Å²) in [5.41, 5.74) is 1.99. The lowest BCUT2D eigenvalue weighted by atomic mass is 10.1. The van der Waals surface area contributed by atoms with Gasteiger partial charge in [-0.2, -0.15) is 0 Å². The van der Waals surface area contributed by atoms with Crippen molar-refractivity contribution in [2.24, 2.45) is 7.05 Å². The fourth-order valence-corrected chi connectivity index (χ4v) is 2.10. The van der Waals surface area contributed by atoms with Crippen molar-refractivity contribution in [3.8, 4) is 0 Å². The maximum Gasteiger partial charge on any atom is 0.265 e. The molecule has 0 aliphatic carbocycles. The second kappa shape index (κ2) is 3.24. The van der Waals surface area contributed by atoms with Gasteiger partial charge in [-0.15, -0.1) is 0 Å². The smallest absolute Gasteiger partial charge is 0.265 e. The Morgan fingerprint density at radius 2 is 1.93 bits per heavy atom. The number of pyridine rings is 1. The lowest BCUT2D eigenvalue weighted by Gasteiger charge is -2.08. The quantitative estimate of drug-likeness (QED) is 0.706. The van der Waals surface area contributed by atoms with Crippen molar-refractivity contribution in [1.82, 2.24) is 4.57 Å². The third kappa shape index (κ3) is 1.20. The van der Waals surface area contributed by atoms with E-state index < -0.39 is 0 Å². The number of aryl methyl sites for hydroxylation is 2. The molecular weight excluding hydrogens is 242 g/mol. The van der Waals surface area contributed by atoms with Gasteiger partial charge < -0.3 is 4.57 Å². The first kappa shape index (κ1) is 9.46. The second-order valence-corrected chi connectivity index (χ2v) is 4.11. The Morgan fingerprint density at radius 3 is 2.64 bits per heavy atom. The van der Waals surface area contributed by atoms with Crippen LogP contribution in [0.5, 0.6) is 0 Å². The van der Waals surface area contributed by atoms with Gasteiger partial charge in [-0.1, -0.05) is 18.2 Å². The summed E-state index contributed by atoms with van der Waals surface area (Å²) in [7, 11) is 1.79. The van der Waals surface area contributed by atoms with Crippen LogP contribution in [0.15, 0.2) is 33.5 Å². The molecule has 0 radical (unpaired) electrons. The Balaban J connectivity index is 3.10. The highest BCUT2D eigenvalue weighted by Crippen LogP contribution is 2.21. The molecular formula is C11H10BrNO. The summed E-state index contributed by atoms with van der Waals surface area (Å²) in [4.78, 5) is 11.7. The zero-order valence-electron chi connectivity index (χ0n) is 8.04. The van der Waals surface area contributed by atoms with E-state index in [1.54, 1.807) is 11.6 Å². The van der Waals surface area contributed by atoms with Gasteiger partial charge in [-0.25, -0.2) is 0 Å². The lowest BCUT2D eigenvalue weighted by Crippen LogP contribution is -2.18. The first-order valence-corrected chi connectivity index (χ1v) is 5.16. The van der Waals surface area contributed by atoms with E-state index in [-0.39, 0.29) is 5.56 Å². The largest absolute Gasteiger partial charge is 0.310 e. The lowest BCUT2D eigenvalue weighted by molar-refractivity contribution is 0.895. The summed E-state index contributed by atoms with van der Waals surface area (Å²) >= 11 is 3.32. The molecule has 0 aliphatic rings. The number of aromatic nitrogens is 1. The Morgan fingerprint density at radius 1 is 1.29 bits per heavy atom. The maximum atomic E-state index is 11.7. The van der Waals surface area contributed by atoms with Crippen molar-refractivity contribution in [3.05, 3.63) is 44.7 Å². The highest BCUT2D eigenvalue weighted by atomic mass is 79.9. The van der Waals surface area contributed by atoms with Gasteiger partial charge in [-0.05, 0) is 34.5 Å². The monoisotopic (exact) mass is 251 g/mol. The van der Waals surface area contributed by atoms with Crippen molar-refractivity contribution < 1.29 is 0 Å². The van der Waals surface area contributed by atoms with E-state index in [0.717, 1.165) is 16.5 Å². The normalized spacial score (nSPS) is 10.8. The molecule has 14 heavy (non-hydrogen) atoms. The summed E-state index contributed by atoms with van der Waals surface area (Å²) in [5.74, 6) is 0. The number of benzene rings is 1. The number of nitrogens with zero attached hydrogens (tertiary/aromatic N) is 1. The molecule has 2 nitrogen and oxygen atoms in total. The number of hydrogen-bond donors (Lipinski definition) is 0. The van der Waals surface area contributed by atoms with Crippen LogP contribution in [0.4, 0.5) is 0 Å². The van der Waals surface area contributed by atoms with Crippen LogP contribution in [-0.4, -0.2) is 4.57 Å². The molecule has 72 valence electrons. The van der Waals surface area contributed by atoms with Gasteiger partial charge in [0.05, 0.1) is 9.99 Å². The fraction of sp³-hybridized carbons (Fsp3) is 0.182. The molecule has 0 amide bonds. The minimum absolute atomic E-state index is 0.0150. The van der Waals surface area contributed by atoms with E-state index in [4.69, 9.17) is 0 Å². The van der Waals surface area contributed by atoms with Gasteiger partial charge >= 0.3 is 0 Å². The van der Waals surface area contributed by atoms with Crippen LogP contribution < -0.4 is 5.56 Å². The van der Waals surface area contributed by atoms with Crippen molar-refractivity contribution in [2.75, 3.05) is 0 Å². The molecule has 0 aliphatic heterocycles. The molecule has 0 unspecified atom stereocenters. The Hall–Kier alpha value is -1.09. The van der Waals surface area contributed by atoms with Gasteiger partial charge in [0.2, 0.25) is 0 Å². The van der Waals surface area contributed by atoms with Gasteiger partial charge in [0.25, 0.3) is 5.56 Å². The predicted molar refractivity (Wildman–Crippen MR) is 61.6 cm³/mol. The number of fused-ring (bicyclic) bond motifs is 1. The molecule has 1 heterocycles. The molecule has 2 rings (SSSR count). The van der Waals surface area contributed by atoms with Crippen molar-refractivity contribution in [1.29, 1.82) is 0 Å². The van der Waals surface area contributed by atoms with E-state index in [9.17, 15) is 4.79 Å². The average molecular weight is 252 g/mol. The molecule has 2 aromatic rings. The van der Waals surface area contributed by atoms with Gasteiger partial charge in [-0.3, -0.25) is 4.79 Å². The molecule has 0 saturated carbocycles. The number of rotatable bonds is 0. The maximum absolute atomic E-state index is 11.7. The van der Waals surface area contributed by atoms with Crippen LogP contribution in [0.3, 0.4) is 0 Å². The Kier molecular flexibility index (Phi) is 2.19. The van der Waals surface area contributed by atoms with Crippen LogP contribution in [0, 0.1) is 6.92 Å². The van der Waals surface area contributed by atoms with Crippen LogP contribution >= 0.6 is 15.9 Å². The number of para-hydroxylation sites is 1. The molecule has 0 N–H and O–H groups in total. The summed E-state index contributed by atoms with van der Waals surface area (Å²) in [6, 6.07) is 7.90. The SMILES string of the molecule is Cc1c(Br)c(=O)n(C)c2ccccc12. The number of hydrogen-bond acceptors (Lipinski definition) is 1. The van der Waals surface area contributed by atoms with Crippen LogP contribution in [0.2, 0.25) is 0 Å². The standard InChI is InChI=1S/C11H10BrNO/c1-7-8-5-3-4-6-9(8)13(2)11(14)10(7)12/h3-6H,1-2H3. The first-order chi connectivity index (χ1) is 6.63. The van der Waals surface area contributed by atoms with E-state index in [2.05, 4.69) is 15.9 Å². The first-order valence-electron chi connectivity index (χ1n) is 4.36. The molecule has 3 heteroatoms. The highest BCUT2D eigenvalue weighted by Gasteiger charge is 2.08. The van der Waals surface area contributed by atoms with Crippen molar-refractivity contribution in [3.63, 3.8) is 0 Å². The topological polar surface area (TPSA) is 22.0 Å². The van der Waals surface area contributed by atoms with Crippen molar-refractivity contribution in [2.45, 2.75) is 6.92 Å². The third-order valence-electron chi connectivity index (χ3n) is 2.49. The number of halogens is 1. The van der Waals surface area contributed by atoms with Gasteiger partial charge in [0, 0.05) is 12.4 Å². The highest BCUT2D eigenvalue weighted by molar-refractivity contribution is 9.10. The third-order valence-corrected chi connectivity index (χ3v) is 3.42. The average Bonchev–Trinajstić information content (AvgIpc) is 2.23. The predicted octanol–water partition coefficient (Wildman–Crippen LogP) is 2.61. The summed E-state index contributed by atoms with van der Waals surface area (Å²) in [6.07, 6.45) is 0. The molecule has 0 saturated heterocycles. The Labute approximate surface area is 90.3 Å². The minimum atomic E-state index is 0.0150. The van der Waals surface area contributed by atoms with Crippen molar-refractivity contribution >= 4 is 26.8 Å². The second-order valence-electron chi connectivity index (χ2n) is 3.32. The molecule has 0 bridgehead atoms. The zero-order chi connectivity index (χ0) is 10.3. The van der Waals surface area contributed by atoms with E-state index in [1.807, 2.05) is 31.2 Å². The minimum Gasteiger partial charge on any atom is -0.310 e. The summed E-state index contributed by atoms with van der Waals surface area (Å²) < 4.78 is 2.31. The van der Waals surface area contributed by atoms with E-state index >= 15 is 0 Å². The summed E-state index contributed by atoms with van der Waals surface area (Å²) in [5, 5.41) is 1.11. The molecule has 0 atom stereocenters. The van der Waals surface area contributed by atoms with E-state index in [0.29, 0.717) is 4.47 Å². The van der Waals surface area contributed by atoms with E-state index in [1.165, 1.54) is 0 Å². The van der Waals surface area contributed by atoms with Gasteiger partial charge in [0.15, 0.2) is 0 Å². The van der Waals surface area contributed by atoms with Crippen LogP contribution in [-0.2, 0) is 7.05 Å². The van der Waals surface area contributed by atoms with Gasteiger partial charge in [0.1, 0.15) is 0 Å². The summed E-state index contributed by atoms with van der Waals surface area (Å²) in [6.45, 7) is 1.95. The zero-order valence-corrected chi connectivity index (χ0v) is 9.63. The molecule has 0 fully saturated rings. The Bertz CT molecular complexity index is 557. The van der Waals surface area contributed by atoms with Crippen LogP contribution in [0.1, 0.15) is 5.56 Å². The fourth-order valence-electron chi connectivity index (χ4n) is 1.62.